The zero-order valence-electron chi connectivity index (χ0n) is 15.6. The van der Waals surface area contributed by atoms with E-state index >= 15 is 0 Å². The Labute approximate surface area is 177 Å². The van der Waals surface area contributed by atoms with Crippen LogP contribution in [0.1, 0.15) is 15.9 Å². The van der Waals surface area contributed by atoms with E-state index in [1.165, 1.54) is 55.5 Å². The lowest BCUT2D eigenvalue weighted by molar-refractivity contribution is -0.385. The van der Waals surface area contributed by atoms with Crippen LogP contribution in [-0.4, -0.2) is 19.2 Å². The van der Waals surface area contributed by atoms with Crippen molar-refractivity contribution < 1.29 is 18.1 Å². The number of anilines is 2. The highest BCUT2D eigenvalue weighted by Crippen LogP contribution is 2.25. The minimum absolute atomic E-state index is 0.0694. The highest BCUT2D eigenvalue weighted by molar-refractivity contribution is 7.92. The highest BCUT2D eigenvalue weighted by atomic mass is 35.5. The van der Waals surface area contributed by atoms with Crippen LogP contribution >= 0.6 is 11.6 Å². The fourth-order valence-corrected chi connectivity index (χ4v) is 4.06. The van der Waals surface area contributed by atoms with E-state index in [2.05, 4.69) is 10.0 Å². The van der Waals surface area contributed by atoms with Gasteiger partial charge in [-0.1, -0.05) is 29.8 Å². The minimum atomic E-state index is -3.94. The fraction of sp³-hybridized carbons (Fsp3) is 0.0500. The van der Waals surface area contributed by atoms with Gasteiger partial charge in [-0.2, -0.15) is 0 Å². The van der Waals surface area contributed by atoms with E-state index in [1.807, 2.05) is 0 Å². The first kappa shape index (κ1) is 21.3. The minimum Gasteiger partial charge on any atom is -0.322 e. The number of nitro groups is 1. The highest BCUT2D eigenvalue weighted by Gasteiger charge is 2.18. The fourth-order valence-electron chi connectivity index (χ4n) is 2.69. The molecule has 0 saturated carbocycles. The summed E-state index contributed by atoms with van der Waals surface area (Å²) >= 11 is 6.00. The number of carbonyl (C=O) groups excluding carboxylic acids is 1. The first-order chi connectivity index (χ1) is 14.2. The maximum Gasteiger partial charge on any atom is 0.272 e. The van der Waals surface area contributed by atoms with E-state index in [-0.39, 0.29) is 32.5 Å². The average Bonchev–Trinajstić information content (AvgIpc) is 2.69. The molecule has 0 aliphatic rings. The van der Waals surface area contributed by atoms with Crippen LogP contribution in [0.25, 0.3) is 0 Å². The topological polar surface area (TPSA) is 118 Å². The first-order valence-electron chi connectivity index (χ1n) is 8.61. The largest absolute Gasteiger partial charge is 0.322 e. The molecular formula is C20H16ClN3O5S. The van der Waals surface area contributed by atoms with E-state index < -0.39 is 20.9 Å². The maximum absolute atomic E-state index is 12.7. The van der Waals surface area contributed by atoms with E-state index in [1.54, 1.807) is 18.2 Å². The molecule has 0 aromatic heterocycles. The lowest BCUT2D eigenvalue weighted by Gasteiger charge is -2.11. The summed E-state index contributed by atoms with van der Waals surface area (Å²) in [7, 11) is -3.94. The van der Waals surface area contributed by atoms with Gasteiger partial charge in [0.15, 0.2) is 0 Å². The summed E-state index contributed by atoms with van der Waals surface area (Å²) in [6, 6.07) is 16.1. The third-order valence-corrected chi connectivity index (χ3v) is 5.87. The molecule has 0 atom stereocenters. The normalized spacial score (nSPS) is 11.0. The van der Waals surface area contributed by atoms with Gasteiger partial charge in [0, 0.05) is 22.9 Å². The second kappa shape index (κ2) is 8.52. The summed E-state index contributed by atoms with van der Waals surface area (Å²) in [6.45, 7) is 1.53. The molecule has 2 N–H and O–H groups in total. The van der Waals surface area contributed by atoms with Gasteiger partial charge in [0.1, 0.15) is 0 Å². The van der Waals surface area contributed by atoms with Crippen molar-refractivity contribution in [3.63, 3.8) is 0 Å². The molecule has 1 amide bonds. The second-order valence-electron chi connectivity index (χ2n) is 6.33. The van der Waals surface area contributed by atoms with Crippen LogP contribution in [0.2, 0.25) is 5.02 Å². The quantitative estimate of drug-likeness (QED) is 0.424. The molecular weight excluding hydrogens is 430 g/mol. The Hall–Kier alpha value is -3.43. The molecule has 10 heteroatoms. The van der Waals surface area contributed by atoms with Crippen molar-refractivity contribution in [2.45, 2.75) is 11.8 Å². The Balaban J connectivity index is 1.81. The van der Waals surface area contributed by atoms with Crippen molar-refractivity contribution in [3.8, 4) is 0 Å². The molecule has 0 aliphatic heterocycles. The number of amides is 1. The Kier molecular flexibility index (Phi) is 6.04. The van der Waals surface area contributed by atoms with Gasteiger partial charge in [-0.05, 0) is 49.4 Å². The van der Waals surface area contributed by atoms with Gasteiger partial charge in [0.05, 0.1) is 20.5 Å². The summed E-state index contributed by atoms with van der Waals surface area (Å²) in [5.74, 6) is -0.526. The summed E-state index contributed by atoms with van der Waals surface area (Å²) in [5.41, 5.74) is 0.937. The number of carbonyl (C=O) groups is 1. The Morgan fingerprint density at radius 1 is 1.03 bits per heavy atom. The summed E-state index contributed by atoms with van der Waals surface area (Å²) < 4.78 is 27.7. The Morgan fingerprint density at radius 3 is 2.43 bits per heavy atom. The van der Waals surface area contributed by atoms with Crippen molar-refractivity contribution in [2.24, 2.45) is 0 Å². The average molecular weight is 446 g/mol. The van der Waals surface area contributed by atoms with Gasteiger partial charge in [-0.15, -0.1) is 0 Å². The standard InChI is InChI=1S/C20H16ClN3O5S/c1-13-11-14(9-10-19(13)24(26)27)20(25)22-15-5-4-6-16(12-15)30(28,29)23-18-8-3-2-7-17(18)21/h2-12,23H,1H3,(H,22,25). The number of hydrogen-bond donors (Lipinski definition) is 2. The monoisotopic (exact) mass is 445 g/mol. The molecule has 30 heavy (non-hydrogen) atoms. The summed E-state index contributed by atoms with van der Waals surface area (Å²) in [4.78, 5) is 22.8. The molecule has 0 spiro atoms. The van der Waals surface area contributed by atoms with Crippen LogP contribution < -0.4 is 10.0 Å². The number of benzene rings is 3. The summed E-state index contributed by atoms with van der Waals surface area (Å²) in [5, 5.41) is 13.8. The van der Waals surface area contributed by atoms with Crippen LogP contribution in [0.15, 0.2) is 71.6 Å². The van der Waals surface area contributed by atoms with E-state index in [4.69, 9.17) is 11.6 Å². The molecule has 0 saturated heterocycles. The Bertz CT molecular complexity index is 1240. The lowest BCUT2D eigenvalue weighted by atomic mass is 10.1. The molecule has 0 radical (unpaired) electrons. The van der Waals surface area contributed by atoms with Gasteiger partial charge in [-0.25, -0.2) is 8.42 Å². The number of sulfonamides is 1. The van der Waals surface area contributed by atoms with Crippen molar-refractivity contribution in [1.82, 2.24) is 0 Å². The SMILES string of the molecule is Cc1cc(C(=O)Nc2cccc(S(=O)(=O)Nc3ccccc3Cl)c2)ccc1[N+](=O)[O-]. The molecule has 3 rings (SSSR count). The van der Waals surface area contributed by atoms with Crippen LogP contribution in [0.3, 0.4) is 0 Å². The van der Waals surface area contributed by atoms with Crippen LogP contribution in [0.4, 0.5) is 17.1 Å². The van der Waals surface area contributed by atoms with Crippen molar-refractivity contribution in [2.75, 3.05) is 10.0 Å². The number of nitrogens with one attached hydrogen (secondary N) is 2. The Morgan fingerprint density at radius 2 is 1.77 bits per heavy atom. The van der Waals surface area contributed by atoms with E-state index in [0.29, 0.717) is 5.56 Å². The zero-order chi connectivity index (χ0) is 21.9. The number of aryl methyl sites for hydroxylation is 1. The van der Waals surface area contributed by atoms with Crippen LogP contribution in [-0.2, 0) is 10.0 Å². The van der Waals surface area contributed by atoms with Crippen LogP contribution in [0.5, 0.6) is 0 Å². The maximum atomic E-state index is 12.7. The molecule has 154 valence electrons. The van der Waals surface area contributed by atoms with Gasteiger partial charge in [-0.3, -0.25) is 19.6 Å². The van der Waals surface area contributed by atoms with Crippen molar-refractivity contribution >= 4 is 44.6 Å². The third-order valence-electron chi connectivity index (χ3n) is 4.18. The van der Waals surface area contributed by atoms with E-state index in [0.717, 1.165) is 0 Å². The van der Waals surface area contributed by atoms with Crippen molar-refractivity contribution in [1.29, 1.82) is 0 Å². The molecule has 0 bridgehead atoms. The smallest absolute Gasteiger partial charge is 0.272 e. The van der Waals surface area contributed by atoms with Gasteiger partial charge < -0.3 is 5.32 Å². The number of nitrogens with zero attached hydrogens (tertiary/aromatic N) is 1. The second-order valence-corrected chi connectivity index (χ2v) is 8.42. The van der Waals surface area contributed by atoms with Crippen LogP contribution in [0, 0.1) is 17.0 Å². The van der Waals surface area contributed by atoms with Gasteiger partial charge in [0.25, 0.3) is 21.6 Å². The molecule has 0 unspecified atom stereocenters. The number of para-hydroxylation sites is 1. The molecule has 8 nitrogen and oxygen atoms in total. The predicted octanol–water partition coefficient (Wildman–Crippen LogP) is 4.61. The lowest BCUT2D eigenvalue weighted by Crippen LogP contribution is -2.15. The van der Waals surface area contributed by atoms with Crippen molar-refractivity contribution in [3.05, 3.63) is 93.0 Å². The first-order valence-corrected chi connectivity index (χ1v) is 10.5. The summed E-state index contributed by atoms with van der Waals surface area (Å²) in [6.07, 6.45) is 0. The number of halogens is 1. The predicted molar refractivity (Wildman–Crippen MR) is 114 cm³/mol. The number of rotatable bonds is 6. The molecule has 3 aromatic rings. The molecule has 3 aromatic carbocycles. The van der Waals surface area contributed by atoms with Gasteiger partial charge in [0.2, 0.25) is 0 Å². The molecule has 0 aliphatic carbocycles. The molecule has 0 fully saturated rings. The number of hydrogen-bond acceptors (Lipinski definition) is 5. The number of nitro benzene ring substituents is 1. The third kappa shape index (κ3) is 4.76. The van der Waals surface area contributed by atoms with Gasteiger partial charge >= 0.3 is 0 Å². The zero-order valence-corrected chi connectivity index (χ0v) is 17.2. The molecule has 0 heterocycles. The van der Waals surface area contributed by atoms with E-state index in [9.17, 15) is 23.3 Å².